The van der Waals surface area contributed by atoms with Crippen molar-refractivity contribution in [2.45, 2.75) is 13.3 Å². The predicted octanol–water partition coefficient (Wildman–Crippen LogP) is 2.93. The molecule has 1 amide bonds. The molecule has 1 aromatic carbocycles. The Morgan fingerprint density at radius 3 is 2.93 bits per heavy atom. The molecule has 140 valence electrons. The number of aromatic nitrogens is 2. The van der Waals surface area contributed by atoms with Gasteiger partial charge in [-0.2, -0.15) is 4.99 Å². The van der Waals surface area contributed by atoms with E-state index in [1.807, 2.05) is 13.0 Å². The Morgan fingerprint density at radius 2 is 2.22 bits per heavy atom. The number of likely N-dealkylation sites (N-methyl/N-ethyl adjacent to an activating group) is 1. The summed E-state index contributed by atoms with van der Waals surface area (Å²) in [6, 6.07) is 7.12. The van der Waals surface area contributed by atoms with Crippen LogP contribution in [0.5, 0.6) is 5.75 Å². The highest BCUT2D eigenvalue weighted by molar-refractivity contribution is 8.18. The van der Waals surface area contributed by atoms with Crippen LogP contribution in [0.15, 0.2) is 34.2 Å². The average molecular weight is 404 g/mol. The number of hydrogen-bond donors (Lipinski definition) is 1. The molecule has 27 heavy (non-hydrogen) atoms. The second-order valence-corrected chi connectivity index (χ2v) is 7.71. The van der Waals surface area contributed by atoms with Crippen LogP contribution in [0.4, 0.5) is 5.13 Å². The number of aryl methyl sites for hydroxylation is 1. The first-order valence-corrected chi connectivity index (χ1v) is 9.57. The van der Waals surface area contributed by atoms with Gasteiger partial charge in [-0.15, -0.1) is 10.2 Å². The number of carboxylic acids is 1. The molecule has 0 bridgehead atoms. The van der Waals surface area contributed by atoms with E-state index in [1.54, 1.807) is 31.3 Å². The van der Waals surface area contributed by atoms with E-state index in [0.29, 0.717) is 21.0 Å². The van der Waals surface area contributed by atoms with Crippen LogP contribution in [0, 0.1) is 6.92 Å². The summed E-state index contributed by atoms with van der Waals surface area (Å²) in [4.78, 5) is 29.4. The summed E-state index contributed by atoms with van der Waals surface area (Å²) in [5.41, 5.74) is 0.778. The number of aliphatic carboxylic acids is 1. The number of amidine groups is 1. The minimum absolute atomic E-state index is 0.0740. The molecular weight excluding hydrogens is 388 g/mol. The number of thioether (sulfide) groups is 1. The standard InChI is InChI=1S/C17H16N4O4S2/c1-10-19-20-16(26-10)18-17-21(2)15(24)13(27-17)9-11-4-3-5-12(8-11)25-7-6-14(22)23/h3-5,8-9H,6-7H2,1-2H3,(H,22,23)/b13-9+,18-17+. The molecule has 0 atom stereocenters. The van der Waals surface area contributed by atoms with Crippen molar-refractivity contribution in [1.29, 1.82) is 0 Å². The molecule has 3 rings (SSSR count). The summed E-state index contributed by atoms with van der Waals surface area (Å²) < 4.78 is 5.42. The first-order chi connectivity index (χ1) is 12.9. The molecule has 1 saturated heterocycles. The first-order valence-electron chi connectivity index (χ1n) is 7.93. The lowest BCUT2D eigenvalue weighted by Gasteiger charge is -2.06. The van der Waals surface area contributed by atoms with Gasteiger partial charge < -0.3 is 9.84 Å². The molecule has 2 aromatic rings. The Bertz CT molecular complexity index is 939. The molecular formula is C17H16N4O4S2. The minimum Gasteiger partial charge on any atom is -0.493 e. The molecule has 1 aliphatic heterocycles. The second kappa shape index (κ2) is 8.31. The van der Waals surface area contributed by atoms with Gasteiger partial charge in [0.15, 0.2) is 5.17 Å². The molecule has 1 aliphatic rings. The van der Waals surface area contributed by atoms with E-state index in [1.165, 1.54) is 28.0 Å². The Morgan fingerprint density at radius 1 is 1.41 bits per heavy atom. The van der Waals surface area contributed by atoms with Crippen LogP contribution >= 0.6 is 23.1 Å². The molecule has 0 spiro atoms. The Hall–Kier alpha value is -2.72. The van der Waals surface area contributed by atoms with Crippen LogP contribution in [0.1, 0.15) is 17.0 Å². The molecule has 0 unspecified atom stereocenters. The minimum atomic E-state index is -0.915. The summed E-state index contributed by atoms with van der Waals surface area (Å²) in [7, 11) is 1.66. The van der Waals surface area contributed by atoms with Crippen molar-refractivity contribution < 1.29 is 19.4 Å². The molecule has 1 N–H and O–H groups in total. The topological polar surface area (TPSA) is 105 Å². The monoisotopic (exact) mass is 404 g/mol. The van der Waals surface area contributed by atoms with E-state index in [0.717, 1.165) is 10.6 Å². The van der Waals surface area contributed by atoms with Gasteiger partial charge in [-0.1, -0.05) is 23.5 Å². The zero-order valence-electron chi connectivity index (χ0n) is 14.6. The van der Waals surface area contributed by atoms with Gasteiger partial charge in [-0.3, -0.25) is 14.5 Å². The highest BCUT2D eigenvalue weighted by Crippen LogP contribution is 2.34. The van der Waals surface area contributed by atoms with Crippen molar-refractivity contribution in [3.63, 3.8) is 0 Å². The predicted molar refractivity (Wildman–Crippen MR) is 104 cm³/mol. The molecule has 2 heterocycles. The number of carboxylic acid groups (broad SMARTS) is 1. The largest absolute Gasteiger partial charge is 0.493 e. The summed E-state index contributed by atoms with van der Waals surface area (Å²) in [6.45, 7) is 1.93. The van der Waals surface area contributed by atoms with Gasteiger partial charge in [0.25, 0.3) is 5.91 Å². The van der Waals surface area contributed by atoms with Crippen LogP contribution in [-0.4, -0.2) is 50.9 Å². The fourth-order valence-electron chi connectivity index (χ4n) is 2.17. The zero-order chi connectivity index (χ0) is 19.4. The number of benzene rings is 1. The van der Waals surface area contributed by atoms with E-state index >= 15 is 0 Å². The van der Waals surface area contributed by atoms with E-state index in [2.05, 4.69) is 15.2 Å². The average Bonchev–Trinajstić information content (AvgIpc) is 3.14. The molecule has 0 radical (unpaired) electrons. The van der Waals surface area contributed by atoms with Crippen molar-refractivity contribution in [2.24, 2.45) is 4.99 Å². The number of nitrogens with zero attached hydrogens (tertiary/aromatic N) is 4. The summed E-state index contributed by atoms with van der Waals surface area (Å²) in [5, 5.41) is 18.4. The molecule has 8 nitrogen and oxygen atoms in total. The third-order valence-electron chi connectivity index (χ3n) is 3.45. The van der Waals surface area contributed by atoms with Crippen LogP contribution < -0.4 is 4.74 Å². The van der Waals surface area contributed by atoms with E-state index in [9.17, 15) is 9.59 Å². The van der Waals surface area contributed by atoms with Gasteiger partial charge >= 0.3 is 5.97 Å². The third-order valence-corrected chi connectivity index (χ3v) is 5.24. The quantitative estimate of drug-likeness (QED) is 0.738. The lowest BCUT2D eigenvalue weighted by atomic mass is 10.2. The van der Waals surface area contributed by atoms with Crippen LogP contribution in [0.25, 0.3) is 6.08 Å². The number of carbonyl (C=O) groups is 2. The number of hydrogen-bond acceptors (Lipinski definition) is 8. The lowest BCUT2D eigenvalue weighted by Crippen LogP contribution is -2.23. The van der Waals surface area contributed by atoms with Crippen LogP contribution in [0.2, 0.25) is 0 Å². The van der Waals surface area contributed by atoms with E-state index < -0.39 is 5.97 Å². The zero-order valence-corrected chi connectivity index (χ0v) is 16.2. The van der Waals surface area contributed by atoms with Gasteiger partial charge in [-0.05, 0) is 42.5 Å². The summed E-state index contributed by atoms with van der Waals surface area (Å²) in [5.74, 6) is -0.522. The number of aliphatic imine (C=N–C) groups is 1. The van der Waals surface area contributed by atoms with E-state index in [4.69, 9.17) is 9.84 Å². The van der Waals surface area contributed by atoms with Gasteiger partial charge in [-0.25, -0.2) is 0 Å². The summed E-state index contributed by atoms with van der Waals surface area (Å²) in [6.07, 6.45) is 1.68. The molecule has 1 aromatic heterocycles. The fourth-order valence-corrected chi connectivity index (χ4v) is 3.75. The molecule has 0 saturated carbocycles. The first kappa shape index (κ1) is 19.1. The smallest absolute Gasteiger partial charge is 0.306 e. The Labute approximate surface area is 163 Å². The number of amides is 1. The van der Waals surface area contributed by atoms with Crippen molar-refractivity contribution in [2.75, 3.05) is 13.7 Å². The van der Waals surface area contributed by atoms with Gasteiger partial charge in [0.2, 0.25) is 5.13 Å². The number of rotatable bonds is 6. The molecule has 1 fully saturated rings. The maximum Gasteiger partial charge on any atom is 0.306 e. The Kier molecular flexibility index (Phi) is 5.87. The lowest BCUT2D eigenvalue weighted by molar-refractivity contribution is -0.137. The summed E-state index contributed by atoms with van der Waals surface area (Å²) >= 11 is 2.62. The van der Waals surface area contributed by atoms with Crippen molar-refractivity contribution >= 4 is 51.4 Å². The van der Waals surface area contributed by atoms with Gasteiger partial charge in [0, 0.05) is 7.05 Å². The number of carbonyl (C=O) groups excluding carboxylic acids is 1. The van der Waals surface area contributed by atoms with Crippen molar-refractivity contribution in [1.82, 2.24) is 15.1 Å². The van der Waals surface area contributed by atoms with Gasteiger partial charge in [0.1, 0.15) is 10.8 Å². The van der Waals surface area contributed by atoms with Crippen molar-refractivity contribution in [3.05, 3.63) is 39.7 Å². The van der Waals surface area contributed by atoms with E-state index in [-0.39, 0.29) is 18.9 Å². The highest BCUT2D eigenvalue weighted by Gasteiger charge is 2.30. The SMILES string of the molecule is Cc1nnc(/N=C2/S/C(=C/c3cccc(OCCC(=O)O)c3)C(=O)N2C)s1. The number of ether oxygens (including phenoxy) is 1. The fraction of sp³-hybridized carbons (Fsp3) is 0.235. The normalized spacial score (nSPS) is 17.1. The highest BCUT2D eigenvalue weighted by atomic mass is 32.2. The van der Waals surface area contributed by atoms with Crippen LogP contribution in [0.3, 0.4) is 0 Å². The molecule has 10 heteroatoms. The molecule has 0 aliphatic carbocycles. The third kappa shape index (κ3) is 4.92. The van der Waals surface area contributed by atoms with Gasteiger partial charge in [0.05, 0.1) is 17.9 Å². The Balaban J connectivity index is 1.76. The maximum atomic E-state index is 12.5. The van der Waals surface area contributed by atoms with Crippen molar-refractivity contribution in [3.8, 4) is 5.75 Å². The maximum absolute atomic E-state index is 12.5. The van der Waals surface area contributed by atoms with Crippen LogP contribution in [-0.2, 0) is 9.59 Å². The second-order valence-electron chi connectivity index (χ2n) is 5.54.